The minimum Gasteiger partial charge on any atom is -0.481 e. The van der Waals surface area contributed by atoms with Crippen LogP contribution in [-0.4, -0.2) is 29.5 Å². The van der Waals surface area contributed by atoms with Crippen LogP contribution >= 0.6 is 11.6 Å². The standard InChI is InChI=1S/C13H19ClN4O2/c1-20-11-6-10(14)16-13(17-11)18-12(19)9-5-3-2-4-8(9)7-15/h6,8-9H,2-5,7,15H2,1H3,(H,16,17,18,19). The number of nitrogens with one attached hydrogen (secondary N) is 1. The quantitative estimate of drug-likeness (QED) is 0.828. The van der Waals surface area contributed by atoms with Gasteiger partial charge in [-0.1, -0.05) is 24.4 Å². The van der Waals surface area contributed by atoms with E-state index in [1.807, 2.05) is 0 Å². The number of nitrogens with zero attached hydrogens (tertiary/aromatic N) is 2. The molecule has 1 aromatic heterocycles. The van der Waals surface area contributed by atoms with Crippen LogP contribution in [0.4, 0.5) is 5.95 Å². The van der Waals surface area contributed by atoms with Crippen molar-refractivity contribution in [3.63, 3.8) is 0 Å². The Labute approximate surface area is 123 Å². The third kappa shape index (κ3) is 3.58. The number of amides is 1. The number of aromatic nitrogens is 2. The Kier molecular flexibility index (Phi) is 5.14. The number of ether oxygens (including phenoxy) is 1. The number of nitrogens with two attached hydrogens (primary N) is 1. The van der Waals surface area contributed by atoms with Gasteiger partial charge in [-0.05, 0) is 25.3 Å². The molecule has 1 aliphatic rings. The molecular weight excluding hydrogens is 280 g/mol. The SMILES string of the molecule is COc1cc(Cl)nc(NC(=O)C2CCCCC2CN)n1. The van der Waals surface area contributed by atoms with Gasteiger partial charge in [-0.2, -0.15) is 4.98 Å². The lowest BCUT2D eigenvalue weighted by Gasteiger charge is -2.29. The minimum atomic E-state index is -0.0931. The Balaban J connectivity index is 2.08. The average molecular weight is 299 g/mol. The monoisotopic (exact) mass is 298 g/mol. The van der Waals surface area contributed by atoms with Crippen molar-refractivity contribution >= 4 is 23.5 Å². The topological polar surface area (TPSA) is 90.1 Å². The Hall–Kier alpha value is -1.40. The van der Waals surface area contributed by atoms with Crippen LogP contribution in [0, 0.1) is 11.8 Å². The van der Waals surface area contributed by atoms with Crippen molar-refractivity contribution < 1.29 is 9.53 Å². The molecule has 2 rings (SSSR count). The van der Waals surface area contributed by atoms with Crippen LogP contribution in [0.5, 0.6) is 5.88 Å². The number of halogens is 1. The third-order valence-corrected chi connectivity index (χ3v) is 3.86. The van der Waals surface area contributed by atoms with E-state index in [2.05, 4.69) is 15.3 Å². The summed E-state index contributed by atoms with van der Waals surface area (Å²) in [6.45, 7) is 0.526. The third-order valence-electron chi connectivity index (χ3n) is 3.66. The van der Waals surface area contributed by atoms with Crippen LogP contribution in [0.15, 0.2) is 6.07 Å². The van der Waals surface area contributed by atoms with Crippen molar-refractivity contribution in [2.24, 2.45) is 17.6 Å². The normalized spacial score (nSPS) is 22.4. The van der Waals surface area contributed by atoms with Gasteiger partial charge in [0.05, 0.1) is 7.11 Å². The smallest absolute Gasteiger partial charge is 0.234 e. The van der Waals surface area contributed by atoms with Gasteiger partial charge < -0.3 is 10.5 Å². The molecule has 110 valence electrons. The molecule has 3 N–H and O–H groups in total. The van der Waals surface area contributed by atoms with E-state index < -0.39 is 0 Å². The van der Waals surface area contributed by atoms with Gasteiger partial charge in [0, 0.05) is 12.0 Å². The van der Waals surface area contributed by atoms with Gasteiger partial charge in [0.2, 0.25) is 17.7 Å². The van der Waals surface area contributed by atoms with Crippen LogP contribution in [0.3, 0.4) is 0 Å². The van der Waals surface area contributed by atoms with E-state index in [0.717, 1.165) is 25.7 Å². The number of rotatable bonds is 4. The molecule has 1 fully saturated rings. The first-order chi connectivity index (χ1) is 9.63. The van der Waals surface area contributed by atoms with Gasteiger partial charge in [-0.3, -0.25) is 10.1 Å². The van der Waals surface area contributed by atoms with Crippen molar-refractivity contribution in [3.05, 3.63) is 11.2 Å². The summed E-state index contributed by atoms with van der Waals surface area (Å²) in [6.07, 6.45) is 4.03. The van der Waals surface area contributed by atoms with Crippen LogP contribution in [-0.2, 0) is 4.79 Å². The lowest BCUT2D eigenvalue weighted by molar-refractivity contribution is -0.122. The first kappa shape index (κ1) is 15.0. The highest BCUT2D eigenvalue weighted by molar-refractivity contribution is 6.29. The summed E-state index contributed by atoms with van der Waals surface area (Å²) in [4.78, 5) is 20.4. The summed E-state index contributed by atoms with van der Waals surface area (Å²) >= 11 is 5.85. The molecule has 1 aromatic rings. The number of hydrogen-bond acceptors (Lipinski definition) is 5. The van der Waals surface area contributed by atoms with Crippen molar-refractivity contribution in [1.29, 1.82) is 0 Å². The van der Waals surface area contributed by atoms with E-state index in [1.165, 1.54) is 13.2 Å². The van der Waals surface area contributed by atoms with E-state index in [-0.39, 0.29) is 28.8 Å². The zero-order chi connectivity index (χ0) is 14.5. The number of carbonyl (C=O) groups excluding carboxylic acids is 1. The highest BCUT2D eigenvalue weighted by Crippen LogP contribution is 2.30. The highest BCUT2D eigenvalue weighted by Gasteiger charge is 2.30. The molecule has 0 bridgehead atoms. The first-order valence-electron chi connectivity index (χ1n) is 6.73. The van der Waals surface area contributed by atoms with Gasteiger partial charge >= 0.3 is 0 Å². The van der Waals surface area contributed by atoms with Crippen LogP contribution in [0.2, 0.25) is 5.15 Å². The van der Waals surface area contributed by atoms with E-state index in [9.17, 15) is 4.79 Å². The largest absolute Gasteiger partial charge is 0.481 e. The molecule has 2 atom stereocenters. The highest BCUT2D eigenvalue weighted by atomic mass is 35.5. The minimum absolute atomic E-state index is 0.0812. The second kappa shape index (κ2) is 6.85. The molecule has 0 saturated heterocycles. The van der Waals surface area contributed by atoms with Crippen molar-refractivity contribution in [2.45, 2.75) is 25.7 Å². The van der Waals surface area contributed by atoms with Crippen molar-refractivity contribution in [3.8, 4) is 5.88 Å². The lowest BCUT2D eigenvalue weighted by Crippen LogP contribution is -2.36. The van der Waals surface area contributed by atoms with Crippen LogP contribution in [0.25, 0.3) is 0 Å². The van der Waals surface area contributed by atoms with Gasteiger partial charge in [-0.15, -0.1) is 0 Å². The number of methoxy groups -OCH3 is 1. The predicted molar refractivity (Wildman–Crippen MR) is 76.7 cm³/mol. The van der Waals surface area contributed by atoms with E-state index in [4.69, 9.17) is 22.1 Å². The van der Waals surface area contributed by atoms with E-state index in [0.29, 0.717) is 12.4 Å². The molecule has 1 saturated carbocycles. The Morgan fingerprint density at radius 1 is 1.50 bits per heavy atom. The molecule has 1 heterocycles. The summed E-state index contributed by atoms with van der Waals surface area (Å²) in [6, 6.07) is 1.49. The molecule has 0 radical (unpaired) electrons. The second-order valence-electron chi connectivity index (χ2n) is 4.93. The maximum Gasteiger partial charge on any atom is 0.234 e. The summed E-state index contributed by atoms with van der Waals surface area (Å²) in [5, 5.41) is 2.94. The molecule has 2 unspecified atom stereocenters. The molecule has 20 heavy (non-hydrogen) atoms. The van der Waals surface area contributed by atoms with Gasteiger partial charge in [0.15, 0.2) is 0 Å². The molecule has 1 aliphatic carbocycles. The molecule has 7 heteroatoms. The zero-order valence-electron chi connectivity index (χ0n) is 11.4. The number of carbonyl (C=O) groups is 1. The maximum absolute atomic E-state index is 12.3. The zero-order valence-corrected chi connectivity index (χ0v) is 12.2. The van der Waals surface area contributed by atoms with Crippen LogP contribution in [0.1, 0.15) is 25.7 Å². The molecule has 0 aromatic carbocycles. The molecular formula is C13H19ClN4O2. The van der Waals surface area contributed by atoms with Crippen molar-refractivity contribution in [1.82, 2.24) is 9.97 Å². The maximum atomic E-state index is 12.3. The molecule has 1 amide bonds. The molecule has 0 spiro atoms. The van der Waals surface area contributed by atoms with Gasteiger partial charge in [0.1, 0.15) is 5.15 Å². The molecule has 6 nitrogen and oxygen atoms in total. The first-order valence-corrected chi connectivity index (χ1v) is 7.11. The molecule has 0 aliphatic heterocycles. The van der Waals surface area contributed by atoms with Crippen LogP contribution < -0.4 is 15.8 Å². The van der Waals surface area contributed by atoms with Crippen molar-refractivity contribution in [2.75, 3.05) is 19.0 Å². The van der Waals surface area contributed by atoms with E-state index in [1.54, 1.807) is 0 Å². The Morgan fingerprint density at radius 2 is 2.25 bits per heavy atom. The Morgan fingerprint density at radius 3 is 2.95 bits per heavy atom. The summed E-state index contributed by atoms with van der Waals surface area (Å²) in [7, 11) is 1.48. The van der Waals surface area contributed by atoms with Gasteiger partial charge in [0.25, 0.3) is 0 Å². The fourth-order valence-corrected chi connectivity index (χ4v) is 2.77. The fraction of sp³-hybridized carbons (Fsp3) is 0.615. The summed E-state index contributed by atoms with van der Waals surface area (Å²) in [5.74, 6) is 0.539. The average Bonchev–Trinajstić information content (AvgIpc) is 2.46. The van der Waals surface area contributed by atoms with E-state index >= 15 is 0 Å². The summed E-state index contributed by atoms with van der Waals surface area (Å²) in [5.41, 5.74) is 5.74. The van der Waals surface area contributed by atoms with Gasteiger partial charge in [-0.25, -0.2) is 4.98 Å². The lowest BCUT2D eigenvalue weighted by atomic mass is 9.79. The summed E-state index contributed by atoms with van der Waals surface area (Å²) < 4.78 is 5.00. The Bertz CT molecular complexity index is 483. The number of anilines is 1. The number of hydrogen-bond donors (Lipinski definition) is 2. The predicted octanol–water partition coefficient (Wildman–Crippen LogP) is 1.84. The fourth-order valence-electron chi connectivity index (χ4n) is 2.60. The second-order valence-corrected chi connectivity index (χ2v) is 5.32.